The molecule has 0 unspecified atom stereocenters. The molecule has 1 aromatic rings. The van der Waals surface area contributed by atoms with Gasteiger partial charge in [0.25, 0.3) is 0 Å². The Bertz CT molecular complexity index is 431. The summed E-state index contributed by atoms with van der Waals surface area (Å²) in [6.45, 7) is 0.182. The SMILES string of the molecule is O=C1CN=C(c2ccc(Br)cc2Cl)N1. The van der Waals surface area contributed by atoms with Gasteiger partial charge in [0.2, 0.25) is 5.91 Å². The largest absolute Gasteiger partial charge is 0.309 e. The average Bonchev–Trinajstić information content (AvgIpc) is 2.51. The summed E-state index contributed by atoms with van der Waals surface area (Å²) in [4.78, 5) is 15.0. The number of nitrogens with one attached hydrogen (secondary N) is 1. The highest BCUT2D eigenvalue weighted by Gasteiger charge is 2.16. The first kappa shape index (κ1) is 9.68. The minimum absolute atomic E-state index is 0.0982. The van der Waals surface area contributed by atoms with Gasteiger partial charge in [-0.3, -0.25) is 9.79 Å². The summed E-state index contributed by atoms with van der Waals surface area (Å²) in [5.41, 5.74) is 0.751. The highest BCUT2D eigenvalue weighted by atomic mass is 79.9. The van der Waals surface area contributed by atoms with Crippen LogP contribution >= 0.6 is 27.5 Å². The Kier molecular flexibility index (Phi) is 2.56. The van der Waals surface area contributed by atoms with E-state index >= 15 is 0 Å². The summed E-state index contributed by atoms with van der Waals surface area (Å²) in [6, 6.07) is 5.44. The van der Waals surface area contributed by atoms with Crippen LogP contribution in [0.15, 0.2) is 27.7 Å². The molecule has 72 valence electrons. The molecule has 1 aliphatic rings. The van der Waals surface area contributed by atoms with Crippen LogP contribution in [0.2, 0.25) is 5.02 Å². The third-order valence-corrected chi connectivity index (χ3v) is 2.63. The fraction of sp³-hybridized carbons (Fsp3) is 0.111. The number of hydrogen-bond acceptors (Lipinski definition) is 2. The fourth-order valence-electron chi connectivity index (χ4n) is 1.20. The first-order valence-corrected chi connectivity index (χ1v) is 5.13. The molecule has 0 bridgehead atoms. The zero-order valence-electron chi connectivity index (χ0n) is 7.05. The van der Waals surface area contributed by atoms with Crippen LogP contribution in [0.5, 0.6) is 0 Å². The molecule has 1 N–H and O–H groups in total. The first-order chi connectivity index (χ1) is 6.66. The van der Waals surface area contributed by atoms with Gasteiger partial charge in [-0.05, 0) is 18.2 Å². The summed E-state index contributed by atoms with van der Waals surface area (Å²) < 4.78 is 0.899. The maximum absolute atomic E-state index is 10.9. The molecule has 0 saturated carbocycles. The fourth-order valence-corrected chi connectivity index (χ4v) is 1.96. The molecule has 0 atom stereocenters. The minimum atomic E-state index is -0.0982. The first-order valence-electron chi connectivity index (χ1n) is 3.96. The van der Waals surface area contributed by atoms with E-state index in [1.807, 2.05) is 12.1 Å². The maximum atomic E-state index is 10.9. The smallest absolute Gasteiger partial charge is 0.247 e. The number of carbonyl (C=O) groups excluding carboxylic acids is 1. The molecule has 0 fully saturated rings. The number of amidine groups is 1. The molecule has 14 heavy (non-hydrogen) atoms. The summed E-state index contributed by atoms with van der Waals surface area (Å²) in [5.74, 6) is 0.450. The van der Waals surface area contributed by atoms with Gasteiger partial charge >= 0.3 is 0 Å². The van der Waals surface area contributed by atoms with Crippen molar-refractivity contribution in [1.82, 2.24) is 5.32 Å². The predicted molar refractivity (Wildman–Crippen MR) is 58.7 cm³/mol. The van der Waals surface area contributed by atoms with Crippen molar-refractivity contribution in [3.63, 3.8) is 0 Å². The van der Waals surface area contributed by atoms with Crippen LogP contribution in [0.1, 0.15) is 5.56 Å². The van der Waals surface area contributed by atoms with Gasteiger partial charge in [-0.1, -0.05) is 27.5 Å². The van der Waals surface area contributed by atoms with Crippen LogP contribution in [-0.2, 0) is 4.79 Å². The Morgan fingerprint density at radius 3 is 2.86 bits per heavy atom. The van der Waals surface area contributed by atoms with Crippen LogP contribution in [-0.4, -0.2) is 18.3 Å². The molecule has 1 amide bonds. The van der Waals surface area contributed by atoms with Crippen molar-refractivity contribution < 1.29 is 4.79 Å². The lowest BCUT2D eigenvalue weighted by molar-refractivity contribution is -0.117. The van der Waals surface area contributed by atoms with Crippen molar-refractivity contribution in [2.75, 3.05) is 6.54 Å². The summed E-state index contributed by atoms with van der Waals surface area (Å²) >= 11 is 9.30. The highest BCUT2D eigenvalue weighted by Crippen LogP contribution is 2.22. The molecule has 0 aliphatic carbocycles. The highest BCUT2D eigenvalue weighted by molar-refractivity contribution is 9.10. The Morgan fingerprint density at radius 1 is 1.50 bits per heavy atom. The van der Waals surface area contributed by atoms with Gasteiger partial charge in [0.15, 0.2) is 0 Å². The number of benzene rings is 1. The van der Waals surface area contributed by atoms with Crippen LogP contribution in [0.25, 0.3) is 0 Å². The molecule has 1 heterocycles. The number of carbonyl (C=O) groups is 1. The Labute approximate surface area is 94.3 Å². The van der Waals surface area contributed by atoms with Crippen LogP contribution < -0.4 is 5.32 Å². The van der Waals surface area contributed by atoms with Gasteiger partial charge in [0, 0.05) is 10.0 Å². The van der Waals surface area contributed by atoms with E-state index < -0.39 is 0 Å². The number of hydrogen-bond donors (Lipinski definition) is 1. The second kappa shape index (κ2) is 3.71. The van der Waals surface area contributed by atoms with Gasteiger partial charge in [0.1, 0.15) is 12.4 Å². The normalized spacial score (nSPS) is 15.3. The van der Waals surface area contributed by atoms with Crippen molar-refractivity contribution in [2.24, 2.45) is 4.99 Å². The summed E-state index contributed by atoms with van der Waals surface area (Å²) in [6.07, 6.45) is 0. The van der Waals surface area contributed by atoms with Crippen molar-refractivity contribution >= 4 is 39.3 Å². The summed E-state index contributed by atoms with van der Waals surface area (Å²) in [7, 11) is 0. The van der Waals surface area contributed by atoms with Gasteiger partial charge in [0.05, 0.1) is 5.02 Å². The molecule has 0 radical (unpaired) electrons. The molecule has 5 heteroatoms. The van der Waals surface area contributed by atoms with E-state index in [-0.39, 0.29) is 12.5 Å². The van der Waals surface area contributed by atoms with E-state index in [2.05, 4.69) is 26.2 Å². The van der Waals surface area contributed by atoms with E-state index in [4.69, 9.17) is 11.6 Å². The number of rotatable bonds is 1. The maximum Gasteiger partial charge on any atom is 0.247 e. The minimum Gasteiger partial charge on any atom is -0.309 e. The lowest BCUT2D eigenvalue weighted by atomic mass is 10.2. The number of aliphatic imine (C=N–C) groups is 1. The number of amides is 1. The topological polar surface area (TPSA) is 41.5 Å². The number of halogens is 2. The second-order valence-corrected chi connectivity index (χ2v) is 4.16. The Balaban J connectivity index is 2.38. The van der Waals surface area contributed by atoms with Crippen molar-refractivity contribution in [3.05, 3.63) is 33.3 Å². The third kappa shape index (κ3) is 1.81. The van der Waals surface area contributed by atoms with E-state index in [9.17, 15) is 4.79 Å². The quantitative estimate of drug-likeness (QED) is 0.835. The van der Waals surface area contributed by atoms with Crippen LogP contribution in [0, 0.1) is 0 Å². The van der Waals surface area contributed by atoms with E-state index in [0.29, 0.717) is 10.9 Å². The van der Waals surface area contributed by atoms with E-state index in [1.54, 1.807) is 6.07 Å². The van der Waals surface area contributed by atoms with Crippen molar-refractivity contribution in [3.8, 4) is 0 Å². The zero-order valence-corrected chi connectivity index (χ0v) is 9.39. The van der Waals surface area contributed by atoms with Gasteiger partial charge in [-0.25, -0.2) is 0 Å². The number of nitrogens with zero attached hydrogens (tertiary/aromatic N) is 1. The summed E-state index contributed by atoms with van der Waals surface area (Å²) in [5, 5.41) is 3.21. The average molecular weight is 274 g/mol. The van der Waals surface area contributed by atoms with Gasteiger partial charge < -0.3 is 5.32 Å². The second-order valence-electron chi connectivity index (χ2n) is 2.84. The third-order valence-electron chi connectivity index (χ3n) is 1.82. The zero-order chi connectivity index (χ0) is 10.1. The lowest BCUT2D eigenvalue weighted by Crippen LogP contribution is -2.25. The van der Waals surface area contributed by atoms with Crippen LogP contribution in [0.3, 0.4) is 0 Å². The van der Waals surface area contributed by atoms with Crippen molar-refractivity contribution in [1.29, 1.82) is 0 Å². The van der Waals surface area contributed by atoms with Crippen molar-refractivity contribution in [2.45, 2.75) is 0 Å². The molecular formula is C9H6BrClN2O. The predicted octanol–water partition coefficient (Wildman–Crippen LogP) is 1.98. The molecule has 0 saturated heterocycles. The lowest BCUT2D eigenvalue weighted by Gasteiger charge is -2.03. The molecule has 0 spiro atoms. The monoisotopic (exact) mass is 272 g/mol. The molecule has 1 aromatic carbocycles. The standard InChI is InChI=1S/C9H6BrClN2O/c10-5-1-2-6(7(11)3-5)9-12-4-8(14)13-9/h1-3H,4H2,(H,12,13,14). The van der Waals surface area contributed by atoms with Gasteiger partial charge in [-0.15, -0.1) is 0 Å². The van der Waals surface area contributed by atoms with E-state index in [1.165, 1.54) is 0 Å². The molecular weight excluding hydrogens is 267 g/mol. The van der Waals surface area contributed by atoms with E-state index in [0.717, 1.165) is 10.0 Å². The Morgan fingerprint density at radius 2 is 2.29 bits per heavy atom. The molecule has 2 rings (SSSR count). The van der Waals surface area contributed by atoms with Crippen LogP contribution in [0.4, 0.5) is 0 Å². The Hall–Kier alpha value is -0.870. The molecule has 0 aromatic heterocycles. The molecule has 1 aliphatic heterocycles. The molecule has 3 nitrogen and oxygen atoms in total. The van der Waals surface area contributed by atoms with Gasteiger partial charge in [-0.2, -0.15) is 0 Å².